The number of rotatable bonds is 8. The number of ether oxygens (including phenoxy) is 2. The van der Waals surface area contributed by atoms with Gasteiger partial charge in [0.1, 0.15) is 0 Å². The summed E-state index contributed by atoms with van der Waals surface area (Å²) in [6.07, 6.45) is 4.06. The van der Waals surface area contributed by atoms with Crippen LogP contribution in [0.3, 0.4) is 0 Å². The Morgan fingerprint density at radius 3 is 2.72 bits per heavy atom. The van der Waals surface area contributed by atoms with Crippen molar-refractivity contribution in [2.45, 2.75) is 32.8 Å². The van der Waals surface area contributed by atoms with E-state index in [1.165, 1.54) is 0 Å². The van der Waals surface area contributed by atoms with E-state index in [0.29, 0.717) is 6.61 Å². The molecule has 0 fully saturated rings. The molecule has 0 aliphatic heterocycles. The molecule has 0 saturated carbocycles. The predicted molar refractivity (Wildman–Crippen MR) is 80.8 cm³/mol. The zero-order valence-electron chi connectivity index (χ0n) is 11.1. The second-order valence-corrected chi connectivity index (χ2v) is 5.08. The van der Waals surface area contributed by atoms with Crippen molar-refractivity contribution in [2.24, 2.45) is 0 Å². The van der Waals surface area contributed by atoms with Crippen molar-refractivity contribution < 1.29 is 9.47 Å². The van der Waals surface area contributed by atoms with E-state index in [0.717, 1.165) is 35.2 Å². The van der Waals surface area contributed by atoms with Gasteiger partial charge in [0.2, 0.25) is 0 Å². The summed E-state index contributed by atoms with van der Waals surface area (Å²) in [5.74, 6) is 1.59. The Morgan fingerprint density at radius 1 is 1.33 bits per heavy atom. The first-order valence-electron chi connectivity index (χ1n) is 6.30. The molecule has 0 saturated heterocycles. The minimum atomic E-state index is 0.121. The van der Waals surface area contributed by atoms with Crippen LogP contribution >= 0.6 is 15.9 Å². The number of alkyl halides is 1. The summed E-state index contributed by atoms with van der Waals surface area (Å²) in [5.41, 5.74) is 0.974. The standard InChI is InChI=1S/C15H21BrO2/c1-4-13-8-7-9-14(15(13)18-12(2)3)17-11-6-5-10-16/h4,7-9,12H,1,5-6,10-11H2,2-3H3. The van der Waals surface area contributed by atoms with Gasteiger partial charge >= 0.3 is 0 Å². The van der Waals surface area contributed by atoms with Gasteiger partial charge in [-0.05, 0) is 32.8 Å². The first kappa shape index (κ1) is 15.1. The Bertz CT molecular complexity index is 375. The fourth-order valence-electron chi connectivity index (χ4n) is 1.55. The molecule has 0 aromatic heterocycles. The van der Waals surface area contributed by atoms with Crippen LogP contribution in [-0.4, -0.2) is 18.0 Å². The summed E-state index contributed by atoms with van der Waals surface area (Å²) in [6, 6.07) is 5.89. The van der Waals surface area contributed by atoms with Gasteiger partial charge < -0.3 is 9.47 Å². The lowest BCUT2D eigenvalue weighted by Crippen LogP contribution is -2.09. The minimum Gasteiger partial charge on any atom is -0.490 e. The molecule has 18 heavy (non-hydrogen) atoms. The third kappa shape index (κ3) is 4.73. The molecule has 3 heteroatoms. The molecule has 0 radical (unpaired) electrons. The van der Waals surface area contributed by atoms with E-state index in [-0.39, 0.29) is 6.10 Å². The van der Waals surface area contributed by atoms with Crippen LogP contribution in [0.25, 0.3) is 6.08 Å². The lowest BCUT2D eigenvalue weighted by Gasteiger charge is -2.17. The van der Waals surface area contributed by atoms with Crippen LogP contribution in [0.2, 0.25) is 0 Å². The summed E-state index contributed by atoms with van der Waals surface area (Å²) < 4.78 is 11.6. The third-order valence-corrected chi connectivity index (χ3v) is 2.93. The van der Waals surface area contributed by atoms with Gasteiger partial charge in [0, 0.05) is 10.9 Å². The number of hydrogen-bond acceptors (Lipinski definition) is 2. The summed E-state index contributed by atoms with van der Waals surface area (Å²) >= 11 is 3.41. The van der Waals surface area contributed by atoms with Gasteiger partial charge in [0.05, 0.1) is 12.7 Å². The lowest BCUT2D eigenvalue weighted by atomic mass is 10.2. The minimum absolute atomic E-state index is 0.121. The second-order valence-electron chi connectivity index (χ2n) is 4.29. The second kappa shape index (κ2) is 8.20. The number of benzene rings is 1. The zero-order chi connectivity index (χ0) is 13.4. The zero-order valence-corrected chi connectivity index (χ0v) is 12.7. The van der Waals surface area contributed by atoms with Gasteiger partial charge in [-0.3, -0.25) is 0 Å². The Labute approximate surface area is 118 Å². The highest BCUT2D eigenvalue weighted by atomic mass is 79.9. The first-order valence-corrected chi connectivity index (χ1v) is 7.42. The molecule has 0 bridgehead atoms. The fourth-order valence-corrected chi connectivity index (χ4v) is 1.94. The molecule has 0 unspecified atom stereocenters. The SMILES string of the molecule is C=Cc1cccc(OCCCCBr)c1OC(C)C. The van der Waals surface area contributed by atoms with Crippen LogP contribution in [0.1, 0.15) is 32.3 Å². The highest BCUT2D eigenvalue weighted by Crippen LogP contribution is 2.33. The molecular weight excluding hydrogens is 292 g/mol. The maximum atomic E-state index is 5.82. The van der Waals surface area contributed by atoms with E-state index in [2.05, 4.69) is 22.5 Å². The van der Waals surface area contributed by atoms with Crippen molar-refractivity contribution in [3.8, 4) is 11.5 Å². The number of unbranched alkanes of at least 4 members (excludes halogenated alkanes) is 1. The van der Waals surface area contributed by atoms with Gasteiger partial charge in [0.25, 0.3) is 0 Å². The monoisotopic (exact) mass is 312 g/mol. The predicted octanol–water partition coefficient (Wildman–Crippen LogP) is 4.67. The number of para-hydroxylation sites is 1. The topological polar surface area (TPSA) is 18.5 Å². The van der Waals surface area contributed by atoms with Gasteiger partial charge in [-0.1, -0.05) is 40.7 Å². The van der Waals surface area contributed by atoms with E-state index >= 15 is 0 Å². The maximum Gasteiger partial charge on any atom is 0.168 e. The molecule has 0 amide bonds. The highest BCUT2D eigenvalue weighted by Gasteiger charge is 2.10. The van der Waals surface area contributed by atoms with Crippen LogP contribution in [0.4, 0.5) is 0 Å². The molecule has 1 aromatic rings. The Morgan fingerprint density at radius 2 is 2.11 bits per heavy atom. The Balaban J connectivity index is 2.78. The largest absolute Gasteiger partial charge is 0.490 e. The molecule has 1 aromatic carbocycles. The maximum absolute atomic E-state index is 5.82. The Kier molecular flexibility index (Phi) is 6.88. The molecule has 0 aliphatic rings. The van der Waals surface area contributed by atoms with Gasteiger partial charge in [-0.2, -0.15) is 0 Å². The van der Waals surface area contributed by atoms with Crippen LogP contribution in [-0.2, 0) is 0 Å². The molecular formula is C15H21BrO2. The van der Waals surface area contributed by atoms with Crippen LogP contribution < -0.4 is 9.47 Å². The van der Waals surface area contributed by atoms with E-state index in [4.69, 9.17) is 9.47 Å². The molecule has 0 aliphatic carbocycles. The van der Waals surface area contributed by atoms with E-state index in [9.17, 15) is 0 Å². The van der Waals surface area contributed by atoms with Gasteiger partial charge in [-0.15, -0.1) is 0 Å². The van der Waals surface area contributed by atoms with Crippen LogP contribution in [0, 0.1) is 0 Å². The summed E-state index contributed by atoms with van der Waals surface area (Å²) in [4.78, 5) is 0. The average Bonchev–Trinajstić information content (AvgIpc) is 2.35. The van der Waals surface area contributed by atoms with Crippen LogP contribution in [0.5, 0.6) is 11.5 Å². The van der Waals surface area contributed by atoms with Crippen molar-refractivity contribution in [3.05, 3.63) is 30.3 Å². The van der Waals surface area contributed by atoms with E-state index in [1.54, 1.807) is 6.08 Å². The Hall–Kier alpha value is -0.960. The first-order chi connectivity index (χ1) is 8.69. The third-order valence-electron chi connectivity index (χ3n) is 2.37. The smallest absolute Gasteiger partial charge is 0.168 e. The molecule has 0 spiro atoms. The summed E-state index contributed by atoms with van der Waals surface area (Å²) in [7, 11) is 0. The molecule has 0 heterocycles. The van der Waals surface area contributed by atoms with Crippen molar-refractivity contribution in [2.75, 3.05) is 11.9 Å². The van der Waals surface area contributed by atoms with Gasteiger partial charge in [0.15, 0.2) is 11.5 Å². The quantitative estimate of drug-likeness (QED) is 0.513. The average molecular weight is 313 g/mol. The number of halogens is 1. The summed E-state index contributed by atoms with van der Waals surface area (Å²) in [5, 5.41) is 1.01. The van der Waals surface area contributed by atoms with Crippen molar-refractivity contribution in [1.29, 1.82) is 0 Å². The van der Waals surface area contributed by atoms with E-state index in [1.807, 2.05) is 32.0 Å². The molecule has 100 valence electrons. The molecule has 0 N–H and O–H groups in total. The molecule has 0 atom stereocenters. The summed E-state index contributed by atoms with van der Waals surface area (Å²) in [6.45, 7) is 8.53. The number of hydrogen-bond donors (Lipinski definition) is 0. The van der Waals surface area contributed by atoms with Crippen LogP contribution in [0.15, 0.2) is 24.8 Å². The van der Waals surface area contributed by atoms with Crippen molar-refractivity contribution >= 4 is 22.0 Å². The normalized spacial score (nSPS) is 10.4. The van der Waals surface area contributed by atoms with Crippen molar-refractivity contribution in [1.82, 2.24) is 0 Å². The van der Waals surface area contributed by atoms with Gasteiger partial charge in [-0.25, -0.2) is 0 Å². The highest BCUT2D eigenvalue weighted by molar-refractivity contribution is 9.09. The van der Waals surface area contributed by atoms with E-state index < -0.39 is 0 Å². The molecule has 2 nitrogen and oxygen atoms in total. The van der Waals surface area contributed by atoms with Crippen molar-refractivity contribution in [3.63, 3.8) is 0 Å². The molecule has 1 rings (SSSR count). The lowest BCUT2D eigenvalue weighted by molar-refractivity contribution is 0.219. The fraction of sp³-hybridized carbons (Fsp3) is 0.467.